The molecule has 1 heterocycles. The maximum Gasteiger partial charge on any atom is 0.313 e. The number of rotatable bonds is 3. The minimum absolute atomic E-state index is 0.0308. The molecule has 0 spiro atoms. The van der Waals surface area contributed by atoms with Crippen molar-refractivity contribution in [1.29, 1.82) is 0 Å². The van der Waals surface area contributed by atoms with Crippen molar-refractivity contribution >= 4 is 12.3 Å². The van der Waals surface area contributed by atoms with Crippen LogP contribution in [-0.2, 0) is 16.3 Å². The first-order valence-electron chi connectivity index (χ1n) is 4.46. The standard InChI is InChI=1S/C9H13N3O3/c1-9(2,3)8(14)15-6-12-4-7(5-13)10-11-12/h4-5H,6H2,1-3H3. The molecule has 0 bridgehead atoms. The van der Waals surface area contributed by atoms with Crippen LogP contribution in [0, 0.1) is 5.41 Å². The summed E-state index contributed by atoms with van der Waals surface area (Å²) in [5.74, 6) is -0.328. The summed E-state index contributed by atoms with van der Waals surface area (Å²) in [6.07, 6.45) is 1.98. The topological polar surface area (TPSA) is 74.1 Å². The molecule has 0 amide bonds. The molecule has 15 heavy (non-hydrogen) atoms. The Bertz CT molecular complexity index is 365. The lowest BCUT2D eigenvalue weighted by Gasteiger charge is -2.15. The van der Waals surface area contributed by atoms with Gasteiger partial charge in [-0.05, 0) is 20.8 Å². The van der Waals surface area contributed by atoms with Crippen molar-refractivity contribution in [2.24, 2.45) is 5.41 Å². The van der Waals surface area contributed by atoms with Crippen molar-refractivity contribution < 1.29 is 14.3 Å². The quantitative estimate of drug-likeness (QED) is 0.541. The molecule has 6 nitrogen and oxygen atoms in total. The fourth-order valence-corrected chi connectivity index (χ4v) is 0.772. The number of ether oxygens (including phenoxy) is 1. The average Bonchev–Trinajstić information content (AvgIpc) is 2.60. The zero-order valence-corrected chi connectivity index (χ0v) is 8.93. The molecule has 0 fully saturated rings. The molecule has 82 valence electrons. The molecule has 0 aliphatic rings. The molecule has 0 aliphatic carbocycles. The highest BCUT2D eigenvalue weighted by Crippen LogP contribution is 2.15. The molecule has 1 rings (SSSR count). The number of carbonyl (C=O) groups is 2. The third kappa shape index (κ3) is 3.16. The molecule has 1 aromatic heterocycles. The van der Waals surface area contributed by atoms with Gasteiger partial charge in [-0.1, -0.05) is 5.21 Å². The van der Waals surface area contributed by atoms with E-state index in [1.54, 1.807) is 20.8 Å². The second-order valence-corrected chi connectivity index (χ2v) is 4.11. The molecule has 0 unspecified atom stereocenters. The maximum atomic E-state index is 11.4. The molecular weight excluding hydrogens is 198 g/mol. The number of carbonyl (C=O) groups excluding carboxylic acids is 2. The lowest BCUT2D eigenvalue weighted by atomic mass is 9.98. The molecule has 0 aliphatic heterocycles. The van der Waals surface area contributed by atoms with Gasteiger partial charge in [0.25, 0.3) is 0 Å². The SMILES string of the molecule is CC(C)(C)C(=O)OCn1cc(C=O)nn1. The van der Waals surface area contributed by atoms with Crippen molar-refractivity contribution in [3.05, 3.63) is 11.9 Å². The summed E-state index contributed by atoms with van der Waals surface area (Å²) in [5, 5.41) is 7.13. The third-order valence-corrected chi connectivity index (χ3v) is 1.62. The van der Waals surface area contributed by atoms with Gasteiger partial charge in [-0.15, -0.1) is 5.10 Å². The Labute approximate surface area is 87.2 Å². The summed E-state index contributed by atoms with van der Waals surface area (Å²) in [5.41, 5.74) is -0.338. The highest BCUT2D eigenvalue weighted by atomic mass is 16.5. The zero-order valence-electron chi connectivity index (χ0n) is 8.93. The van der Waals surface area contributed by atoms with E-state index in [2.05, 4.69) is 10.3 Å². The van der Waals surface area contributed by atoms with Crippen molar-refractivity contribution in [2.75, 3.05) is 0 Å². The van der Waals surface area contributed by atoms with Crippen molar-refractivity contribution in [2.45, 2.75) is 27.5 Å². The number of hydrogen-bond acceptors (Lipinski definition) is 5. The van der Waals surface area contributed by atoms with E-state index in [-0.39, 0.29) is 18.4 Å². The van der Waals surface area contributed by atoms with Gasteiger partial charge >= 0.3 is 5.97 Å². The van der Waals surface area contributed by atoms with Crippen LogP contribution in [0.4, 0.5) is 0 Å². The molecule has 6 heteroatoms. The molecular formula is C9H13N3O3. The van der Waals surface area contributed by atoms with Gasteiger partial charge in [0, 0.05) is 0 Å². The Morgan fingerprint density at radius 3 is 2.73 bits per heavy atom. The van der Waals surface area contributed by atoms with Crippen LogP contribution in [0.2, 0.25) is 0 Å². The van der Waals surface area contributed by atoms with E-state index in [0.29, 0.717) is 6.29 Å². The summed E-state index contributed by atoms with van der Waals surface area (Å²) < 4.78 is 6.24. The fraction of sp³-hybridized carbons (Fsp3) is 0.556. The van der Waals surface area contributed by atoms with Crippen LogP contribution in [0.5, 0.6) is 0 Å². The van der Waals surface area contributed by atoms with Crippen LogP contribution in [0.25, 0.3) is 0 Å². The van der Waals surface area contributed by atoms with Crippen LogP contribution in [0.1, 0.15) is 31.3 Å². The van der Waals surface area contributed by atoms with E-state index in [1.807, 2.05) is 0 Å². The summed E-state index contributed by atoms with van der Waals surface area (Å²) in [6.45, 7) is 5.24. The van der Waals surface area contributed by atoms with Gasteiger partial charge in [-0.25, -0.2) is 4.68 Å². The number of hydrogen-bond donors (Lipinski definition) is 0. The second kappa shape index (κ2) is 4.20. The number of esters is 1. The van der Waals surface area contributed by atoms with Crippen molar-refractivity contribution in [3.8, 4) is 0 Å². The highest BCUT2D eigenvalue weighted by molar-refractivity contribution is 5.75. The van der Waals surface area contributed by atoms with Crippen LogP contribution in [0.3, 0.4) is 0 Å². The van der Waals surface area contributed by atoms with E-state index >= 15 is 0 Å². The third-order valence-electron chi connectivity index (χ3n) is 1.62. The van der Waals surface area contributed by atoms with Gasteiger partial charge in [0.05, 0.1) is 11.6 Å². The van der Waals surface area contributed by atoms with Gasteiger partial charge < -0.3 is 4.74 Å². The van der Waals surface area contributed by atoms with Gasteiger partial charge in [-0.2, -0.15) is 0 Å². The molecule has 0 saturated heterocycles. The maximum absolute atomic E-state index is 11.4. The lowest BCUT2D eigenvalue weighted by Crippen LogP contribution is -2.24. The first-order valence-corrected chi connectivity index (χ1v) is 4.46. The number of aldehydes is 1. The zero-order chi connectivity index (χ0) is 11.5. The van der Waals surface area contributed by atoms with E-state index in [0.717, 1.165) is 0 Å². The highest BCUT2D eigenvalue weighted by Gasteiger charge is 2.23. The molecule has 0 radical (unpaired) electrons. The number of aromatic nitrogens is 3. The van der Waals surface area contributed by atoms with E-state index in [1.165, 1.54) is 10.9 Å². The molecule has 0 saturated carbocycles. The van der Waals surface area contributed by atoms with Gasteiger partial charge in [-0.3, -0.25) is 9.59 Å². The van der Waals surface area contributed by atoms with Crippen LogP contribution in [-0.4, -0.2) is 27.2 Å². The fourth-order valence-electron chi connectivity index (χ4n) is 0.772. The Morgan fingerprint density at radius 2 is 2.27 bits per heavy atom. The smallest absolute Gasteiger partial charge is 0.313 e. The van der Waals surface area contributed by atoms with Gasteiger partial charge in [0.15, 0.2) is 13.0 Å². The van der Waals surface area contributed by atoms with Crippen LogP contribution >= 0.6 is 0 Å². The molecule has 0 atom stereocenters. The Kier molecular flexibility index (Phi) is 3.18. The summed E-state index contributed by atoms with van der Waals surface area (Å²) >= 11 is 0. The minimum atomic E-state index is -0.548. The average molecular weight is 211 g/mol. The molecule has 0 aromatic carbocycles. The first-order chi connectivity index (χ1) is 6.93. The van der Waals surface area contributed by atoms with Gasteiger partial charge in [0.1, 0.15) is 5.69 Å². The summed E-state index contributed by atoms with van der Waals surface area (Å²) in [7, 11) is 0. The Morgan fingerprint density at radius 1 is 1.60 bits per heavy atom. The van der Waals surface area contributed by atoms with Gasteiger partial charge in [0.2, 0.25) is 0 Å². The predicted octanol–water partition coefficient (Wildman–Crippen LogP) is 0.637. The van der Waals surface area contributed by atoms with E-state index < -0.39 is 5.41 Å². The molecule has 1 aromatic rings. The first kappa shape index (κ1) is 11.4. The largest absolute Gasteiger partial charge is 0.442 e. The van der Waals surface area contributed by atoms with Crippen molar-refractivity contribution in [3.63, 3.8) is 0 Å². The normalized spacial score (nSPS) is 11.1. The monoisotopic (exact) mass is 211 g/mol. The number of nitrogens with zero attached hydrogens (tertiary/aromatic N) is 3. The van der Waals surface area contributed by atoms with Crippen LogP contribution < -0.4 is 0 Å². The summed E-state index contributed by atoms with van der Waals surface area (Å²) in [4.78, 5) is 21.7. The summed E-state index contributed by atoms with van der Waals surface area (Å²) in [6, 6.07) is 0. The molecule has 0 N–H and O–H groups in total. The minimum Gasteiger partial charge on any atom is -0.442 e. The Balaban J connectivity index is 2.50. The van der Waals surface area contributed by atoms with Crippen molar-refractivity contribution in [1.82, 2.24) is 15.0 Å². The second-order valence-electron chi connectivity index (χ2n) is 4.11. The predicted molar refractivity (Wildman–Crippen MR) is 51.0 cm³/mol. The van der Waals surface area contributed by atoms with Crippen LogP contribution in [0.15, 0.2) is 6.20 Å². The lowest BCUT2D eigenvalue weighted by molar-refractivity contribution is -0.157. The Hall–Kier alpha value is -1.72. The van der Waals surface area contributed by atoms with E-state index in [9.17, 15) is 9.59 Å². The van der Waals surface area contributed by atoms with E-state index in [4.69, 9.17) is 4.74 Å².